The lowest BCUT2D eigenvalue weighted by Crippen LogP contribution is -2.36. The number of halogens is 2. The molecule has 0 saturated heterocycles. The molecule has 18 heavy (non-hydrogen) atoms. The van der Waals surface area contributed by atoms with E-state index in [0.717, 1.165) is 11.3 Å². The molecule has 1 heterocycles. The van der Waals surface area contributed by atoms with Gasteiger partial charge in [-0.2, -0.15) is 0 Å². The van der Waals surface area contributed by atoms with Crippen molar-refractivity contribution in [3.05, 3.63) is 29.8 Å². The number of nitrogens with one attached hydrogen (secondary N) is 2. The van der Waals surface area contributed by atoms with Gasteiger partial charge in [-0.1, -0.05) is 18.2 Å². The van der Waals surface area contributed by atoms with E-state index in [1.165, 1.54) is 0 Å². The summed E-state index contributed by atoms with van der Waals surface area (Å²) in [6, 6.07) is 7.83. The zero-order chi connectivity index (χ0) is 13.0. The largest absolute Gasteiger partial charge is 0.312 e. The van der Waals surface area contributed by atoms with Gasteiger partial charge >= 0.3 is 7.59 Å². The molecule has 0 amide bonds. The Balaban J connectivity index is 2.20. The highest BCUT2D eigenvalue weighted by molar-refractivity contribution is 7.61. The Bertz CT molecular complexity index is 452. The molecule has 1 aliphatic heterocycles. The van der Waals surface area contributed by atoms with Gasteiger partial charge in [-0.15, -0.1) is 23.2 Å². The smallest absolute Gasteiger partial charge is 0.306 e. The summed E-state index contributed by atoms with van der Waals surface area (Å²) in [7, 11) is -2.82. The van der Waals surface area contributed by atoms with Gasteiger partial charge in [0.2, 0.25) is 0 Å². The van der Waals surface area contributed by atoms with Crippen molar-refractivity contribution in [2.75, 3.05) is 29.9 Å². The Hall–Kier alpha value is -0.250. The molecule has 0 saturated carbocycles. The van der Waals surface area contributed by atoms with E-state index >= 15 is 0 Å². The SMILES string of the molecule is O=[P@]1(N(CCCl)CCCl)NCc2ccccc2N1. The van der Waals surface area contributed by atoms with E-state index in [0.29, 0.717) is 31.4 Å². The minimum absolute atomic E-state index is 0.423. The summed E-state index contributed by atoms with van der Waals surface area (Å²) >= 11 is 11.5. The van der Waals surface area contributed by atoms with Gasteiger partial charge in [0.05, 0.1) is 0 Å². The molecule has 1 aromatic rings. The molecular formula is C11H16Cl2N3OP. The minimum Gasteiger partial charge on any atom is -0.312 e. The van der Waals surface area contributed by atoms with Crippen molar-refractivity contribution < 1.29 is 4.57 Å². The molecule has 0 aliphatic carbocycles. The summed E-state index contributed by atoms with van der Waals surface area (Å²) < 4.78 is 14.7. The van der Waals surface area contributed by atoms with E-state index < -0.39 is 7.59 Å². The van der Waals surface area contributed by atoms with E-state index in [9.17, 15) is 4.57 Å². The first-order chi connectivity index (χ1) is 8.69. The number of hydrogen-bond acceptors (Lipinski definition) is 1. The van der Waals surface area contributed by atoms with Crippen LogP contribution in [0.15, 0.2) is 24.3 Å². The summed E-state index contributed by atoms with van der Waals surface area (Å²) in [5.74, 6) is 0.845. The Kier molecular flexibility index (Phi) is 4.93. The van der Waals surface area contributed by atoms with Gasteiger partial charge in [0.25, 0.3) is 0 Å². The van der Waals surface area contributed by atoms with Gasteiger partial charge in [-0.25, -0.2) is 9.76 Å². The van der Waals surface area contributed by atoms with Crippen LogP contribution in [0.25, 0.3) is 0 Å². The van der Waals surface area contributed by atoms with E-state index in [-0.39, 0.29) is 0 Å². The number of fused-ring (bicyclic) bond motifs is 1. The molecule has 2 rings (SSSR count). The maximum absolute atomic E-state index is 12.9. The fraction of sp³-hybridized carbons (Fsp3) is 0.455. The highest BCUT2D eigenvalue weighted by Gasteiger charge is 2.33. The third-order valence-corrected chi connectivity index (χ3v) is 5.52. The number of anilines is 1. The summed E-state index contributed by atoms with van der Waals surface area (Å²) in [6.07, 6.45) is 0. The van der Waals surface area contributed by atoms with E-state index in [1.54, 1.807) is 4.67 Å². The zero-order valence-electron chi connectivity index (χ0n) is 9.90. The predicted octanol–water partition coefficient (Wildman–Crippen LogP) is 3.09. The first kappa shape index (κ1) is 14.2. The number of nitrogens with zero attached hydrogens (tertiary/aromatic N) is 1. The molecule has 1 aromatic carbocycles. The Morgan fingerprint density at radius 3 is 2.56 bits per heavy atom. The summed E-state index contributed by atoms with van der Waals surface area (Å²) in [5, 5.41) is 6.17. The zero-order valence-corrected chi connectivity index (χ0v) is 12.3. The first-order valence-corrected chi connectivity index (χ1v) is 8.51. The van der Waals surface area contributed by atoms with Gasteiger partial charge in [0.1, 0.15) is 0 Å². The molecule has 1 aliphatic rings. The average Bonchev–Trinajstić information content (AvgIpc) is 2.38. The van der Waals surface area contributed by atoms with Crippen molar-refractivity contribution in [1.82, 2.24) is 9.76 Å². The number of rotatable bonds is 5. The van der Waals surface area contributed by atoms with E-state index in [1.807, 2.05) is 24.3 Å². The van der Waals surface area contributed by atoms with Crippen molar-refractivity contribution in [2.45, 2.75) is 6.54 Å². The highest BCUT2D eigenvalue weighted by atomic mass is 35.5. The van der Waals surface area contributed by atoms with Crippen LogP contribution in [0.1, 0.15) is 5.56 Å². The van der Waals surface area contributed by atoms with Crippen molar-refractivity contribution in [1.29, 1.82) is 0 Å². The van der Waals surface area contributed by atoms with Crippen LogP contribution < -0.4 is 10.2 Å². The van der Waals surface area contributed by atoms with Crippen LogP contribution in [0.5, 0.6) is 0 Å². The van der Waals surface area contributed by atoms with Crippen LogP contribution in [0, 0.1) is 0 Å². The lowest BCUT2D eigenvalue weighted by Gasteiger charge is -2.35. The minimum atomic E-state index is -2.82. The fourth-order valence-electron chi connectivity index (χ4n) is 1.94. The summed E-state index contributed by atoms with van der Waals surface area (Å²) in [5.41, 5.74) is 2.02. The van der Waals surface area contributed by atoms with Gasteiger partial charge in [0.15, 0.2) is 0 Å². The van der Waals surface area contributed by atoms with Crippen molar-refractivity contribution in [3.8, 4) is 0 Å². The molecule has 100 valence electrons. The van der Waals surface area contributed by atoms with E-state index in [4.69, 9.17) is 23.2 Å². The molecule has 0 spiro atoms. The third-order valence-electron chi connectivity index (χ3n) is 2.86. The van der Waals surface area contributed by atoms with E-state index in [2.05, 4.69) is 10.2 Å². The van der Waals surface area contributed by atoms with Crippen LogP contribution in [-0.2, 0) is 11.1 Å². The molecule has 7 heteroatoms. The summed E-state index contributed by atoms with van der Waals surface area (Å²) in [4.78, 5) is 0. The van der Waals surface area contributed by atoms with Crippen molar-refractivity contribution in [2.24, 2.45) is 0 Å². The lowest BCUT2D eigenvalue weighted by atomic mass is 10.2. The van der Waals surface area contributed by atoms with Crippen LogP contribution in [0.4, 0.5) is 5.69 Å². The number of benzene rings is 1. The standard InChI is InChI=1S/C11H16Cl2N3OP/c12-5-7-16(8-6-13)18(17)14-9-10-3-1-2-4-11(10)15-18/h1-4H,5-9H2,(H2,14,15,17)/t18-/m1/s1. The second-order valence-electron chi connectivity index (χ2n) is 4.01. The molecule has 0 bridgehead atoms. The average molecular weight is 308 g/mol. The number of alkyl halides is 2. The monoisotopic (exact) mass is 307 g/mol. The molecular weight excluding hydrogens is 292 g/mol. The lowest BCUT2D eigenvalue weighted by molar-refractivity contribution is 0.437. The molecule has 0 unspecified atom stereocenters. The van der Waals surface area contributed by atoms with Crippen LogP contribution >= 0.6 is 30.8 Å². The van der Waals surface area contributed by atoms with Crippen molar-refractivity contribution >= 4 is 36.5 Å². The molecule has 1 atom stereocenters. The second-order valence-corrected chi connectivity index (χ2v) is 7.02. The first-order valence-electron chi connectivity index (χ1n) is 5.78. The van der Waals surface area contributed by atoms with Gasteiger partial charge < -0.3 is 5.09 Å². The third kappa shape index (κ3) is 3.01. The van der Waals surface area contributed by atoms with Gasteiger partial charge in [-0.3, -0.25) is 4.57 Å². The molecule has 4 nitrogen and oxygen atoms in total. The Labute approximate surface area is 117 Å². The summed E-state index contributed by atoms with van der Waals surface area (Å²) in [6.45, 7) is 1.66. The second kappa shape index (κ2) is 6.27. The quantitative estimate of drug-likeness (QED) is 0.648. The Morgan fingerprint density at radius 1 is 1.22 bits per heavy atom. The predicted molar refractivity (Wildman–Crippen MR) is 77.5 cm³/mol. The molecule has 0 aromatic heterocycles. The molecule has 2 N–H and O–H groups in total. The van der Waals surface area contributed by atoms with Crippen LogP contribution in [-0.4, -0.2) is 29.5 Å². The fourth-order valence-corrected chi connectivity index (χ4v) is 4.69. The Morgan fingerprint density at radius 2 is 1.89 bits per heavy atom. The molecule has 0 fully saturated rings. The van der Waals surface area contributed by atoms with Gasteiger partial charge in [-0.05, 0) is 11.6 Å². The van der Waals surface area contributed by atoms with Crippen LogP contribution in [0.3, 0.4) is 0 Å². The van der Waals surface area contributed by atoms with Gasteiger partial charge in [0, 0.05) is 37.1 Å². The maximum Gasteiger partial charge on any atom is 0.306 e. The number of para-hydroxylation sites is 1. The maximum atomic E-state index is 12.9. The normalized spacial score (nSPS) is 22.6. The molecule has 0 radical (unpaired) electrons. The van der Waals surface area contributed by atoms with Crippen LogP contribution in [0.2, 0.25) is 0 Å². The topological polar surface area (TPSA) is 44.4 Å². The number of hydrogen-bond donors (Lipinski definition) is 2. The highest BCUT2D eigenvalue weighted by Crippen LogP contribution is 2.48. The van der Waals surface area contributed by atoms with Crippen molar-refractivity contribution in [3.63, 3.8) is 0 Å².